The molecule has 0 saturated heterocycles. The molecule has 7 heteroatoms. The van der Waals surface area contributed by atoms with E-state index in [1.54, 1.807) is 25.6 Å². The Kier molecular flexibility index (Phi) is 4.74. The molecule has 0 bridgehead atoms. The van der Waals surface area contributed by atoms with Gasteiger partial charge in [0.25, 0.3) is 5.91 Å². The van der Waals surface area contributed by atoms with Crippen molar-refractivity contribution in [3.8, 4) is 11.5 Å². The van der Waals surface area contributed by atoms with Crippen LogP contribution in [0.4, 0.5) is 5.00 Å². The van der Waals surface area contributed by atoms with Gasteiger partial charge in [0, 0.05) is 29.6 Å². The summed E-state index contributed by atoms with van der Waals surface area (Å²) in [6.07, 6.45) is 0.568. The molecule has 27 heavy (non-hydrogen) atoms. The minimum atomic E-state index is -0.351. The summed E-state index contributed by atoms with van der Waals surface area (Å²) in [6, 6.07) is 6.11. The zero-order valence-electron chi connectivity index (χ0n) is 16.1. The van der Waals surface area contributed by atoms with Gasteiger partial charge in [-0.15, -0.1) is 11.3 Å². The molecule has 4 rings (SSSR count). The number of nitrogens with zero attached hydrogens (tertiary/aromatic N) is 1. The van der Waals surface area contributed by atoms with Crippen molar-refractivity contribution in [2.75, 3.05) is 26.1 Å². The Morgan fingerprint density at radius 3 is 2.74 bits per heavy atom. The third kappa shape index (κ3) is 3.15. The molecule has 0 aliphatic carbocycles. The van der Waals surface area contributed by atoms with E-state index in [1.165, 1.54) is 10.4 Å². The number of carbonyl (C=O) groups is 1. The molecule has 1 atom stereocenters. The molecule has 6 nitrogen and oxygen atoms in total. The van der Waals surface area contributed by atoms with Gasteiger partial charge in [-0.25, -0.2) is 0 Å². The minimum Gasteiger partial charge on any atom is -0.497 e. The summed E-state index contributed by atoms with van der Waals surface area (Å²) in [6.45, 7) is 6.34. The second kappa shape index (κ2) is 7.05. The lowest BCUT2D eigenvalue weighted by molar-refractivity contribution is 0.0934. The third-order valence-corrected chi connectivity index (χ3v) is 6.49. The fourth-order valence-electron chi connectivity index (χ4n) is 3.80. The zero-order valence-corrected chi connectivity index (χ0v) is 16.9. The van der Waals surface area contributed by atoms with Crippen molar-refractivity contribution in [3.63, 3.8) is 0 Å². The Morgan fingerprint density at radius 2 is 2.04 bits per heavy atom. The quantitative estimate of drug-likeness (QED) is 0.842. The first-order chi connectivity index (χ1) is 13.0. The van der Waals surface area contributed by atoms with Gasteiger partial charge in [0.2, 0.25) is 0 Å². The molecule has 2 aliphatic heterocycles. The van der Waals surface area contributed by atoms with Crippen molar-refractivity contribution in [2.24, 2.45) is 0 Å². The minimum absolute atomic E-state index is 0.0193. The van der Waals surface area contributed by atoms with Gasteiger partial charge in [0.1, 0.15) is 22.7 Å². The van der Waals surface area contributed by atoms with Crippen LogP contribution in [0.15, 0.2) is 18.2 Å². The summed E-state index contributed by atoms with van der Waals surface area (Å²) in [4.78, 5) is 16.7. The van der Waals surface area contributed by atoms with E-state index in [1.807, 2.05) is 18.2 Å². The highest BCUT2D eigenvalue weighted by Crippen LogP contribution is 2.42. The SMILES string of the molecule is COc1ccc(OC)c([C@@H]2NC(=O)c3c(sc4c3CCN(C(C)C)C4)N2)c1. The Balaban J connectivity index is 1.68. The van der Waals surface area contributed by atoms with E-state index in [2.05, 4.69) is 29.4 Å². The van der Waals surface area contributed by atoms with Gasteiger partial charge in [-0.3, -0.25) is 9.69 Å². The molecule has 3 heterocycles. The van der Waals surface area contributed by atoms with Crippen LogP contribution in [0, 0.1) is 0 Å². The number of methoxy groups -OCH3 is 2. The van der Waals surface area contributed by atoms with Crippen LogP contribution in [0.3, 0.4) is 0 Å². The van der Waals surface area contributed by atoms with Crippen molar-refractivity contribution in [2.45, 2.75) is 39.0 Å². The molecule has 1 aromatic heterocycles. The van der Waals surface area contributed by atoms with Crippen LogP contribution in [0.5, 0.6) is 11.5 Å². The Morgan fingerprint density at radius 1 is 1.22 bits per heavy atom. The lowest BCUT2D eigenvalue weighted by atomic mass is 9.99. The standard InChI is InChI=1S/C20H25N3O3S/c1-11(2)23-8-7-13-16(10-23)27-20-17(13)19(24)21-18(22-20)14-9-12(25-3)5-6-15(14)26-4/h5-6,9,11,18,22H,7-8,10H2,1-4H3,(H,21,24)/t18-/m1/s1. The van der Waals surface area contributed by atoms with Crippen LogP contribution in [0.1, 0.15) is 46.4 Å². The fourth-order valence-corrected chi connectivity index (χ4v) is 5.10. The van der Waals surface area contributed by atoms with Crippen LogP contribution >= 0.6 is 11.3 Å². The third-order valence-electron chi connectivity index (χ3n) is 5.34. The number of nitrogens with one attached hydrogen (secondary N) is 2. The number of hydrogen-bond acceptors (Lipinski definition) is 6. The lowest BCUT2D eigenvalue weighted by Gasteiger charge is -2.31. The maximum absolute atomic E-state index is 12.9. The number of rotatable bonds is 4. The first-order valence-corrected chi connectivity index (χ1v) is 10.0. The smallest absolute Gasteiger partial charge is 0.256 e. The van der Waals surface area contributed by atoms with Crippen molar-refractivity contribution < 1.29 is 14.3 Å². The summed E-state index contributed by atoms with van der Waals surface area (Å²) < 4.78 is 10.8. The molecule has 144 valence electrons. The maximum atomic E-state index is 12.9. The fraction of sp³-hybridized carbons (Fsp3) is 0.450. The number of hydrogen-bond donors (Lipinski definition) is 2. The van der Waals surface area contributed by atoms with Gasteiger partial charge in [-0.2, -0.15) is 0 Å². The summed E-state index contributed by atoms with van der Waals surface area (Å²) in [5, 5.41) is 7.54. The Hall–Kier alpha value is -2.25. The summed E-state index contributed by atoms with van der Waals surface area (Å²) >= 11 is 1.70. The zero-order chi connectivity index (χ0) is 19.1. The van der Waals surface area contributed by atoms with E-state index in [4.69, 9.17) is 9.47 Å². The van der Waals surface area contributed by atoms with Gasteiger partial charge in [0.15, 0.2) is 0 Å². The summed E-state index contributed by atoms with van der Waals surface area (Å²) in [5.74, 6) is 1.42. The van der Waals surface area contributed by atoms with Crippen LogP contribution in [0.25, 0.3) is 0 Å². The molecule has 2 aliphatic rings. The normalized spacial score (nSPS) is 19.1. The van der Waals surface area contributed by atoms with Crippen LogP contribution in [0.2, 0.25) is 0 Å². The molecule has 1 aromatic carbocycles. The predicted octanol–water partition coefficient (Wildman–Crippen LogP) is 3.39. The number of amides is 1. The molecule has 0 radical (unpaired) electrons. The first kappa shape index (κ1) is 18.1. The number of ether oxygens (including phenoxy) is 2. The highest BCUT2D eigenvalue weighted by atomic mass is 32.1. The first-order valence-electron chi connectivity index (χ1n) is 9.19. The molecule has 1 amide bonds. The Labute approximate surface area is 163 Å². The van der Waals surface area contributed by atoms with Crippen molar-refractivity contribution in [1.82, 2.24) is 10.2 Å². The molecular weight excluding hydrogens is 362 g/mol. The number of benzene rings is 1. The van der Waals surface area contributed by atoms with E-state index >= 15 is 0 Å². The second-order valence-electron chi connectivity index (χ2n) is 7.18. The van der Waals surface area contributed by atoms with Crippen LogP contribution in [-0.4, -0.2) is 37.6 Å². The molecule has 0 unspecified atom stereocenters. The van der Waals surface area contributed by atoms with E-state index in [-0.39, 0.29) is 12.1 Å². The van der Waals surface area contributed by atoms with E-state index in [9.17, 15) is 4.79 Å². The number of anilines is 1. The van der Waals surface area contributed by atoms with Gasteiger partial charge in [-0.1, -0.05) is 0 Å². The lowest BCUT2D eigenvalue weighted by Crippen LogP contribution is -2.39. The summed E-state index contributed by atoms with van der Waals surface area (Å²) in [5.41, 5.74) is 2.87. The number of thiophene rings is 1. The van der Waals surface area contributed by atoms with Crippen molar-refractivity contribution in [3.05, 3.63) is 39.8 Å². The highest BCUT2D eigenvalue weighted by Gasteiger charge is 2.34. The molecule has 0 saturated carbocycles. The van der Waals surface area contributed by atoms with Crippen LogP contribution < -0.4 is 20.1 Å². The Bertz CT molecular complexity index is 878. The molecular formula is C20H25N3O3S. The molecule has 2 N–H and O–H groups in total. The van der Waals surface area contributed by atoms with Crippen LogP contribution in [-0.2, 0) is 13.0 Å². The van der Waals surface area contributed by atoms with Gasteiger partial charge in [0.05, 0.1) is 19.8 Å². The monoisotopic (exact) mass is 387 g/mol. The van der Waals surface area contributed by atoms with Gasteiger partial charge in [-0.05, 0) is 44.0 Å². The summed E-state index contributed by atoms with van der Waals surface area (Å²) in [7, 11) is 3.26. The van der Waals surface area contributed by atoms with Gasteiger partial charge >= 0.3 is 0 Å². The van der Waals surface area contributed by atoms with Crippen molar-refractivity contribution in [1.29, 1.82) is 0 Å². The van der Waals surface area contributed by atoms with E-state index in [0.29, 0.717) is 11.8 Å². The van der Waals surface area contributed by atoms with E-state index < -0.39 is 0 Å². The molecule has 0 spiro atoms. The highest BCUT2D eigenvalue weighted by molar-refractivity contribution is 7.16. The molecule has 2 aromatic rings. The molecule has 0 fully saturated rings. The second-order valence-corrected chi connectivity index (χ2v) is 8.29. The van der Waals surface area contributed by atoms with Gasteiger partial charge < -0.3 is 20.1 Å². The number of fused-ring (bicyclic) bond motifs is 3. The topological polar surface area (TPSA) is 62.8 Å². The number of carbonyl (C=O) groups excluding carboxylic acids is 1. The maximum Gasteiger partial charge on any atom is 0.256 e. The van der Waals surface area contributed by atoms with Crippen molar-refractivity contribution >= 4 is 22.2 Å². The average Bonchev–Trinajstić information content (AvgIpc) is 3.05. The average molecular weight is 388 g/mol. The van der Waals surface area contributed by atoms with E-state index in [0.717, 1.165) is 41.4 Å². The predicted molar refractivity (Wildman–Crippen MR) is 107 cm³/mol. The largest absolute Gasteiger partial charge is 0.497 e.